The molecule has 10 heteroatoms. The molecule has 0 bridgehead atoms. The van der Waals surface area contributed by atoms with Gasteiger partial charge in [0.1, 0.15) is 0 Å². The molecule has 0 saturated carbocycles. The van der Waals surface area contributed by atoms with Gasteiger partial charge in [-0.3, -0.25) is 25.0 Å². The van der Waals surface area contributed by atoms with Crippen LogP contribution in [0.2, 0.25) is 5.02 Å². The zero-order valence-corrected chi connectivity index (χ0v) is 11.9. The van der Waals surface area contributed by atoms with Gasteiger partial charge >= 0.3 is 5.69 Å². The fraction of sp³-hybridized carbons (Fsp3) is 0. The van der Waals surface area contributed by atoms with Crippen molar-refractivity contribution in [3.8, 4) is 0 Å². The highest BCUT2D eigenvalue weighted by atomic mass is 35.5. The maximum absolute atomic E-state index is 13.2. The molecule has 0 unspecified atom stereocenters. The van der Waals surface area contributed by atoms with Crippen LogP contribution in [0.5, 0.6) is 0 Å². The number of rotatable bonds is 4. The Labute approximate surface area is 132 Å². The van der Waals surface area contributed by atoms with Crippen LogP contribution < -0.4 is 5.32 Å². The van der Waals surface area contributed by atoms with Gasteiger partial charge in [0.05, 0.1) is 20.4 Å². The number of hydrogen-bond acceptors (Lipinski definition) is 5. The second-order valence-corrected chi connectivity index (χ2v) is 4.71. The average Bonchev–Trinajstić information content (AvgIpc) is 2.49. The molecule has 23 heavy (non-hydrogen) atoms. The van der Waals surface area contributed by atoms with Crippen LogP contribution in [0.4, 0.5) is 21.5 Å². The molecular formula is C13H7ClFN3O5. The van der Waals surface area contributed by atoms with Gasteiger partial charge in [0.15, 0.2) is 0 Å². The van der Waals surface area contributed by atoms with Crippen LogP contribution in [-0.2, 0) is 0 Å². The summed E-state index contributed by atoms with van der Waals surface area (Å²) in [6, 6.07) is 6.05. The molecule has 0 radical (unpaired) electrons. The Bertz CT molecular complexity index is 827. The minimum absolute atomic E-state index is 0.0373. The normalized spacial score (nSPS) is 10.2. The van der Waals surface area contributed by atoms with E-state index >= 15 is 0 Å². The number of nitrogens with zero attached hydrogens (tertiary/aromatic N) is 2. The quantitative estimate of drug-likeness (QED) is 0.675. The molecule has 0 atom stereocenters. The van der Waals surface area contributed by atoms with E-state index in [2.05, 4.69) is 5.32 Å². The van der Waals surface area contributed by atoms with Gasteiger partial charge in [0, 0.05) is 23.9 Å². The van der Waals surface area contributed by atoms with Gasteiger partial charge in [-0.15, -0.1) is 0 Å². The molecule has 0 aromatic heterocycles. The number of benzene rings is 2. The molecule has 2 aromatic rings. The molecule has 118 valence electrons. The molecule has 0 saturated heterocycles. The third-order valence-corrected chi connectivity index (χ3v) is 3.14. The Kier molecular flexibility index (Phi) is 4.51. The Morgan fingerprint density at radius 3 is 2.39 bits per heavy atom. The van der Waals surface area contributed by atoms with E-state index in [0.717, 1.165) is 30.3 Å². The summed E-state index contributed by atoms with van der Waals surface area (Å²) in [5, 5.41) is 23.6. The number of carbonyl (C=O) groups is 1. The smallest absolute Gasteiger partial charge is 0.306 e. The Balaban J connectivity index is 2.33. The predicted molar refractivity (Wildman–Crippen MR) is 79.1 cm³/mol. The van der Waals surface area contributed by atoms with E-state index in [0.29, 0.717) is 0 Å². The van der Waals surface area contributed by atoms with Crippen molar-refractivity contribution in [1.29, 1.82) is 0 Å². The van der Waals surface area contributed by atoms with Crippen molar-refractivity contribution in [2.24, 2.45) is 0 Å². The zero-order chi connectivity index (χ0) is 17.1. The highest BCUT2D eigenvalue weighted by Gasteiger charge is 2.18. The standard InChI is InChI=1S/C13H7ClFN3O5/c14-10-3-2-8(17(20)21)6-9(10)13(19)16-7-1-4-11(15)12(5-7)18(22)23/h1-6H,(H,16,19). The van der Waals surface area contributed by atoms with Crippen molar-refractivity contribution in [1.82, 2.24) is 0 Å². The van der Waals surface area contributed by atoms with E-state index < -0.39 is 27.3 Å². The number of carbonyl (C=O) groups excluding carboxylic acids is 1. The Morgan fingerprint density at radius 1 is 1.09 bits per heavy atom. The van der Waals surface area contributed by atoms with Gasteiger partial charge in [-0.25, -0.2) is 0 Å². The maximum atomic E-state index is 13.2. The summed E-state index contributed by atoms with van der Waals surface area (Å²) in [4.78, 5) is 31.8. The van der Waals surface area contributed by atoms with Gasteiger partial charge in [0.25, 0.3) is 11.6 Å². The lowest BCUT2D eigenvalue weighted by Crippen LogP contribution is -2.13. The zero-order valence-electron chi connectivity index (χ0n) is 11.2. The molecule has 8 nitrogen and oxygen atoms in total. The minimum Gasteiger partial charge on any atom is -0.322 e. The van der Waals surface area contributed by atoms with Crippen molar-refractivity contribution < 1.29 is 19.0 Å². The molecule has 0 heterocycles. The monoisotopic (exact) mass is 339 g/mol. The van der Waals surface area contributed by atoms with Crippen molar-refractivity contribution in [2.45, 2.75) is 0 Å². The van der Waals surface area contributed by atoms with Crippen LogP contribution in [0.15, 0.2) is 36.4 Å². The number of nitro groups is 2. The molecule has 0 spiro atoms. The topological polar surface area (TPSA) is 115 Å². The maximum Gasteiger partial charge on any atom is 0.306 e. The second-order valence-electron chi connectivity index (χ2n) is 4.30. The SMILES string of the molecule is O=C(Nc1ccc(F)c([N+](=O)[O-])c1)c1cc([N+](=O)[O-])ccc1Cl. The molecule has 0 fully saturated rings. The minimum atomic E-state index is -1.05. The van der Waals surface area contributed by atoms with E-state index in [1.165, 1.54) is 6.07 Å². The summed E-state index contributed by atoms with van der Waals surface area (Å²) in [6.45, 7) is 0. The molecular weight excluding hydrogens is 333 g/mol. The highest BCUT2D eigenvalue weighted by molar-refractivity contribution is 6.34. The first-order valence-corrected chi connectivity index (χ1v) is 6.36. The van der Waals surface area contributed by atoms with Crippen LogP contribution in [0.25, 0.3) is 0 Å². The molecule has 1 amide bonds. The first kappa shape index (κ1) is 16.3. The number of nitro benzene ring substituents is 2. The van der Waals surface area contributed by atoms with Crippen LogP contribution >= 0.6 is 11.6 Å². The van der Waals surface area contributed by atoms with E-state index in [1.54, 1.807) is 0 Å². The first-order chi connectivity index (χ1) is 10.8. The number of halogens is 2. The number of nitrogens with one attached hydrogen (secondary N) is 1. The van der Waals surface area contributed by atoms with Crippen molar-refractivity contribution in [3.63, 3.8) is 0 Å². The molecule has 0 aliphatic heterocycles. The van der Waals surface area contributed by atoms with Crippen molar-refractivity contribution in [2.75, 3.05) is 5.32 Å². The van der Waals surface area contributed by atoms with E-state index in [9.17, 15) is 29.4 Å². The summed E-state index contributed by atoms with van der Waals surface area (Å²) >= 11 is 5.82. The van der Waals surface area contributed by atoms with Gasteiger partial charge in [-0.1, -0.05) is 11.6 Å². The largest absolute Gasteiger partial charge is 0.322 e. The summed E-state index contributed by atoms with van der Waals surface area (Å²) in [5.41, 5.74) is -1.39. The fourth-order valence-electron chi connectivity index (χ4n) is 1.73. The molecule has 0 aliphatic rings. The molecule has 1 N–H and O–H groups in total. The van der Waals surface area contributed by atoms with Gasteiger partial charge in [-0.05, 0) is 18.2 Å². The number of amides is 1. The lowest BCUT2D eigenvalue weighted by Gasteiger charge is -2.07. The summed E-state index contributed by atoms with van der Waals surface area (Å²) in [6.07, 6.45) is 0. The third kappa shape index (κ3) is 3.58. The third-order valence-electron chi connectivity index (χ3n) is 2.81. The van der Waals surface area contributed by atoms with Gasteiger partial charge in [0.2, 0.25) is 5.82 Å². The lowest BCUT2D eigenvalue weighted by atomic mass is 10.1. The fourth-order valence-corrected chi connectivity index (χ4v) is 1.93. The molecule has 0 aliphatic carbocycles. The van der Waals surface area contributed by atoms with Gasteiger partial charge < -0.3 is 5.32 Å². The van der Waals surface area contributed by atoms with Crippen molar-refractivity contribution >= 4 is 34.6 Å². The van der Waals surface area contributed by atoms with Crippen LogP contribution in [-0.4, -0.2) is 15.8 Å². The number of non-ortho nitro benzene ring substituents is 1. The first-order valence-electron chi connectivity index (χ1n) is 5.99. The Morgan fingerprint density at radius 2 is 1.78 bits per heavy atom. The lowest BCUT2D eigenvalue weighted by molar-refractivity contribution is -0.387. The molecule has 2 aromatic carbocycles. The van der Waals surface area contributed by atoms with Crippen LogP contribution in [0.1, 0.15) is 10.4 Å². The number of anilines is 1. The predicted octanol–water partition coefficient (Wildman–Crippen LogP) is 3.55. The average molecular weight is 340 g/mol. The summed E-state index contributed by atoms with van der Waals surface area (Å²) < 4.78 is 13.2. The summed E-state index contributed by atoms with van der Waals surface area (Å²) in [7, 11) is 0. The Hall–Kier alpha value is -3.07. The summed E-state index contributed by atoms with van der Waals surface area (Å²) in [5.74, 6) is -1.87. The van der Waals surface area contributed by atoms with Crippen LogP contribution in [0.3, 0.4) is 0 Å². The van der Waals surface area contributed by atoms with E-state index in [4.69, 9.17) is 11.6 Å². The number of hydrogen-bond donors (Lipinski definition) is 1. The van der Waals surface area contributed by atoms with E-state index in [-0.39, 0.29) is 22.0 Å². The molecule has 2 rings (SSSR count). The second kappa shape index (κ2) is 6.36. The van der Waals surface area contributed by atoms with Crippen LogP contribution in [0, 0.1) is 26.0 Å². The van der Waals surface area contributed by atoms with E-state index in [1.807, 2.05) is 0 Å². The van der Waals surface area contributed by atoms with Gasteiger partial charge in [-0.2, -0.15) is 4.39 Å². The van der Waals surface area contributed by atoms with Crippen molar-refractivity contribution in [3.05, 3.63) is 73.0 Å². The highest BCUT2D eigenvalue weighted by Crippen LogP contribution is 2.25.